The highest BCUT2D eigenvalue weighted by molar-refractivity contribution is 5.80. The molecule has 2 heterocycles. The van der Waals surface area contributed by atoms with Crippen LogP contribution in [0.5, 0.6) is 0 Å². The number of piperidine rings is 1. The van der Waals surface area contributed by atoms with Gasteiger partial charge in [0.25, 0.3) is 0 Å². The molecule has 7 nitrogen and oxygen atoms in total. The number of ether oxygens (including phenoxy) is 2. The minimum Gasteiger partial charge on any atom is -0.450 e. The van der Waals surface area contributed by atoms with E-state index in [4.69, 9.17) is 9.47 Å². The zero-order valence-corrected chi connectivity index (χ0v) is 13.9. The van der Waals surface area contributed by atoms with E-state index in [0.717, 1.165) is 51.6 Å². The third-order valence-corrected chi connectivity index (χ3v) is 4.17. The number of guanidine groups is 1. The Labute approximate surface area is 132 Å². The van der Waals surface area contributed by atoms with Crippen LogP contribution in [-0.4, -0.2) is 69.5 Å². The quantitative estimate of drug-likeness (QED) is 0.593. The van der Waals surface area contributed by atoms with Crippen molar-refractivity contribution in [3.05, 3.63) is 0 Å². The van der Waals surface area contributed by atoms with Gasteiger partial charge >= 0.3 is 6.09 Å². The Hall–Kier alpha value is -1.50. The molecule has 0 unspecified atom stereocenters. The summed E-state index contributed by atoms with van der Waals surface area (Å²) in [6.07, 6.45) is 1.60. The number of hydrogen-bond donors (Lipinski definition) is 2. The van der Waals surface area contributed by atoms with Crippen molar-refractivity contribution in [1.29, 1.82) is 0 Å². The molecule has 0 aromatic rings. The molecule has 0 atom stereocenters. The van der Waals surface area contributed by atoms with E-state index in [2.05, 4.69) is 22.5 Å². The fourth-order valence-corrected chi connectivity index (χ4v) is 2.66. The van der Waals surface area contributed by atoms with E-state index in [-0.39, 0.29) is 11.5 Å². The predicted octanol–water partition coefficient (Wildman–Crippen LogP) is 0.809. The summed E-state index contributed by atoms with van der Waals surface area (Å²) < 4.78 is 10.3. The van der Waals surface area contributed by atoms with E-state index in [0.29, 0.717) is 12.6 Å². The number of rotatable bonds is 4. The number of likely N-dealkylation sites (tertiary alicyclic amines) is 1. The molecule has 2 N–H and O–H groups in total. The molecule has 2 aliphatic rings. The number of nitrogens with zero attached hydrogens (tertiary/aromatic N) is 2. The fourth-order valence-electron chi connectivity index (χ4n) is 2.66. The number of amides is 1. The number of carbonyl (C=O) groups excluding carboxylic acids is 1. The Bertz CT molecular complexity index is 402. The van der Waals surface area contributed by atoms with E-state index in [1.807, 2.05) is 6.92 Å². The molecule has 126 valence electrons. The highest BCUT2D eigenvalue weighted by Gasteiger charge is 2.33. The van der Waals surface area contributed by atoms with Crippen molar-refractivity contribution in [3.8, 4) is 0 Å². The van der Waals surface area contributed by atoms with Gasteiger partial charge in [-0.2, -0.15) is 0 Å². The van der Waals surface area contributed by atoms with Crippen LogP contribution in [0, 0.1) is 5.41 Å². The van der Waals surface area contributed by atoms with Crippen LogP contribution in [0.2, 0.25) is 0 Å². The molecule has 0 aliphatic carbocycles. The van der Waals surface area contributed by atoms with Crippen LogP contribution in [0.25, 0.3) is 0 Å². The molecule has 0 bridgehead atoms. The van der Waals surface area contributed by atoms with Gasteiger partial charge in [0, 0.05) is 38.1 Å². The number of hydrogen-bond acceptors (Lipinski definition) is 4. The van der Waals surface area contributed by atoms with Crippen molar-refractivity contribution in [1.82, 2.24) is 15.5 Å². The van der Waals surface area contributed by atoms with Gasteiger partial charge in [-0.05, 0) is 19.8 Å². The van der Waals surface area contributed by atoms with Crippen molar-refractivity contribution in [2.24, 2.45) is 10.4 Å². The fraction of sp³-hybridized carbons (Fsp3) is 0.867. The monoisotopic (exact) mass is 312 g/mol. The first kappa shape index (κ1) is 16.9. The third kappa shape index (κ3) is 4.50. The van der Waals surface area contributed by atoms with E-state index >= 15 is 0 Å². The summed E-state index contributed by atoms with van der Waals surface area (Å²) in [5, 5.41) is 6.80. The van der Waals surface area contributed by atoms with Gasteiger partial charge < -0.3 is 25.0 Å². The summed E-state index contributed by atoms with van der Waals surface area (Å²) in [7, 11) is 1.78. The predicted molar refractivity (Wildman–Crippen MR) is 85.0 cm³/mol. The summed E-state index contributed by atoms with van der Waals surface area (Å²) in [6, 6.07) is 0.335. The Morgan fingerprint density at radius 2 is 2.09 bits per heavy atom. The maximum atomic E-state index is 11.7. The molecule has 7 heteroatoms. The Kier molecular flexibility index (Phi) is 5.88. The van der Waals surface area contributed by atoms with Crippen LogP contribution in [0.3, 0.4) is 0 Å². The molecule has 0 aromatic heterocycles. The number of nitrogens with one attached hydrogen (secondary N) is 2. The average Bonchev–Trinajstić information content (AvgIpc) is 2.50. The van der Waals surface area contributed by atoms with Gasteiger partial charge in [0.15, 0.2) is 5.96 Å². The largest absolute Gasteiger partial charge is 0.450 e. The van der Waals surface area contributed by atoms with Crippen LogP contribution in [0.15, 0.2) is 4.99 Å². The Balaban J connectivity index is 1.70. The van der Waals surface area contributed by atoms with Crippen molar-refractivity contribution < 1.29 is 14.3 Å². The van der Waals surface area contributed by atoms with Crippen LogP contribution >= 0.6 is 0 Å². The molecular weight excluding hydrogens is 284 g/mol. The second-order valence-electron chi connectivity index (χ2n) is 6.33. The van der Waals surface area contributed by atoms with Crippen molar-refractivity contribution in [2.75, 3.05) is 46.5 Å². The van der Waals surface area contributed by atoms with E-state index in [1.54, 1.807) is 11.9 Å². The zero-order valence-electron chi connectivity index (χ0n) is 13.9. The molecular formula is C15H28N4O3. The lowest BCUT2D eigenvalue weighted by Crippen LogP contribution is -2.54. The number of carbonyl (C=O) groups is 1. The molecule has 0 spiro atoms. The highest BCUT2D eigenvalue weighted by Crippen LogP contribution is 2.25. The average molecular weight is 312 g/mol. The Morgan fingerprint density at radius 3 is 2.59 bits per heavy atom. The van der Waals surface area contributed by atoms with E-state index < -0.39 is 0 Å². The maximum Gasteiger partial charge on any atom is 0.409 e. The Morgan fingerprint density at radius 1 is 1.41 bits per heavy atom. The molecule has 2 saturated heterocycles. The van der Waals surface area contributed by atoms with Crippen LogP contribution in [-0.2, 0) is 9.47 Å². The molecule has 2 rings (SSSR count). The SMILES string of the molecule is CCOC(=O)N1CCC(NC(=NC)NCC2(C)COC2)CC1. The minimum absolute atomic E-state index is 0.207. The molecule has 0 saturated carbocycles. The molecule has 1 amide bonds. The molecule has 2 fully saturated rings. The first-order valence-corrected chi connectivity index (χ1v) is 8.03. The summed E-state index contributed by atoms with van der Waals surface area (Å²) >= 11 is 0. The lowest BCUT2D eigenvalue weighted by atomic mass is 9.89. The van der Waals surface area contributed by atoms with Gasteiger partial charge in [0.05, 0.1) is 19.8 Å². The van der Waals surface area contributed by atoms with Gasteiger partial charge in [0.2, 0.25) is 0 Å². The lowest BCUT2D eigenvalue weighted by molar-refractivity contribution is -0.0971. The van der Waals surface area contributed by atoms with Crippen LogP contribution in [0.1, 0.15) is 26.7 Å². The molecule has 0 radical (unpaired) electrons. The molecule has 22 heavy (non-hydrogen) atoms. The second kappa shape index (κ2) is 7.67. The summed E-state index contributed by atoms with van der Waals surface area (Å²) in [5.41, 5.74) is 0.213. The first-order valence-electron chi connectivity index (χ1n) is 8.03. The lowest BCUT2D eigenvalue weighted by Gasteiger charge is -2.39. The van der Waals surface area contributed by atoms with Gasteiger partial charge in [-0.3, -0.25) is 4.99 Å². The maximum absolute atomic E-state index is 11.7. The van der Waals surface area contributed by atoms with Gasteiger partial charge in [-0.15, -0.1) is 0 Å². The van der Waals surface area contributed by atoms with Crippen molar-refractivity contribution >= 4 is 12.1 Å². The summed E-state index contributed by atoms with van der Waals surface area (Å²) in [5.74, 6) is 0.822. The van der Waals surface area contributed by atoms with Gasteiger partial charge in [0.1, 0.15) is 0 Å². The van der Waals surface area contributed by atoms with Gasteiger partial charge in [-0.25, -0.2) is 4.79 Å². The second-order valence-corrected chi connectivity index (χ2v) is 6.33. The van der Waals surface area contributed by atoms with Crippen molar-refractivity contribution in [2.45, 2.75) is 32.7 Å². The topological polar surface area (TPSA) is 75.2 Å². The van der Waals surface area contributed by atoms with Crippen molar-refractivity contribution in [3.63, 3.8) is 0 Å². The zero-order chi connectivity index (χ0) is 16.0. The van der Waals surface area contributed by atoms with Gasteiger partial charge in [-0.1, -0.05) is 6.92 Å². The van der Waals surface area contributed by atoms with E-state index in [1.165, 1.54) is 0 Å². The number of aliphatic imine (C=N–C) groups is 1. The highest BCUT2D eigenvalue weighted by atomic mass is 16.6. The smallest absolute Gasteiger partial charge is 0.409 e. The molecule has 2 aliphatic heterocycles. The van der Waals surface area contributed by atoms with Crippen LogP contribution in [0.4, 0.5) is 4.79 Å². The first-order chi connectivity index (χ1) is 10.6. The summed E-state index contributed by atoms with van der Waals surface area (Å²) in [6.45, 7) is 8.36. The third-order valence-electron chi connectivity index (χ3n) is 4.17. The normalized spacial score (nSPS) is 22.0. The summed E-state index contributed by atoms with van der Waals surface area (Å²) in [4.78, 5) is 17.7. The molecule has 0 aromatic carbocycles. The van der Waals surface area contributed by atoms with Crippen LogP contribution < -0.4 is 10.6 Å². The minimum atomic E-state index is -0.207. The van der Waals surface area contributed by atoms with E-state index in [9.17, 15) is 4.79 Å². The standard InChI is InChI=1S/C15H28N4O3/c1-4-22-14(20)19-7-5-12(6-8-19)18-13(16-3)17-9-15(2)10-21-11-15/h12H,4-11H2,1-3H3,(H2,16,17,18).